The molecule has 4 rings (SSSR count). The van der Waals surface area contributed by atoms with Crippen LogP contribution in [-0.4, -0.2) is 44.4 Å². The van der Waals surface area contributed by atoms with Crippen LogP contribution in [0.1, 0.15) is 18.4 Å². The number of cyclic esters (lactones) is 1. The quantitative estimate of drug-likeness (QED) is 0.909. The zero-order valence-electron chi connectivity index (χ0n) is 13.3. The van der Waals surface area contributed by atoms with Crippen LogP contribution in [0.15, 0.2) is 18.2 Å². The fraction of sp³-hybridized carbons (Fsp3) is 0.529. The largest absolute Gasteiger partial charge is 0.442 e. The van der Waals surface area contributed by atoms with E-state index >= 15 is 0 Å². The molecule has 0 radical (unpaired) electrons. The number of hydrogen-bond donors (Lipinski definition) is 1. The van der Waals surface area contributed by atoms with Gasteiger partial charge in [0.05, 0.1) is 32.0 Å². The maximum atomic E-state index is 14.5. The lowest BCUT2D eigenvalue weighted by molar-refractivity contribution is -0.119. The van der Waals surface area contributed by atoms with Gasteiger partial charge in [-0.1, -0.05) is 6.07 Å². The normalized spacial score (nSPS) is 30.9. The van der Waals surface area contributed by atoms with Gasteiger partial charge < -0.3 is 14.8 Å². The van der Waals surface area contributed by atoms with Gasteiger partial charge in [-0.25, -0.2) is 9.18 Å². The molecule has 3 fully saturated rings. The minimum absolute atomic E-state index is 0.182. The van der Waals surface area contributed by atoms with E-state index in [0.717, 1.165) is 0 Å². The van der Waals surface area contributed by atoms with Gasteiger partial charge in [0.25, 0.3) is 0 Å². The van der Waals surface area contributed by atoms with E-state index < -0.39 is 12.2 Å². The van der Waals surface area contributed by atoms with Gasteiger partial charge in [0, 0.05) is 6.92 Å². The first-order valence-corrected chi connectivity index (χ1v) is 8.14. The van der Waals surface area contributed by atoms with Gasteiger partial charge in [-0.2, -0.15) is 0 Å². The molecule has 4 atom stereocenters. The van der Waals surface area contributed by atoms with Crippen LogP contribution < -0.4 is 10.2 Å². The van der Waals surface area contributed by atoms with Crippen LogP contribution in [0.4, 0.5) is 14.9 Å². The number of ether oxygens (including phenoxy) is 2. The second-order valence-corrected chi connectivity index (χ2v) is 6.65. The monoisotopic (exact) mass is 334 g/mol. The molecule has 2 aliphatic heterocycles. The standard InChI is InChI=1S/C17H19FN2O4/c1-9(21)19-5-11-6-20(17(22)24-11)10-2-3-12(15(18)4-10)16-13-7-23-8-14(13)16/h2-4,11,13-14,16H,5-8H2,1H3,(H,19,21)/t11-,13-,14+,16?/m0/s1. The Kier molecular flexibility index (Phi) is 3.68. The average Bonchev–Trinajstić information content (AvgIpc) is 2.88. The summed E-state index contributed by atoms with van der Waals surface area (Å²) in [5, 5.41) is 2.62. The van der Waals surface area contributed by atoms with Crippen LogP contribution in [0.3, 0.4) is 0 Å². The van der Waals surface area contributed by atoms with E-state index in [-0.39, 0.29) is 24.2 Å². The summed E-state index contributed by atoms with van der Waals surface area (Å²) in [5.74, 6) is 0.642. The molecule has 1 saturated carbocycles. The summed E-state index contributed by atoms with van der Waals surface area (Å²) >= 11 is 0. The molecule has 24 heavy (non-hydrogen) atoms. The summed E-state index contributed by atoms with van der Waals surface area (Å²) in [6, 6.07) is 4.92. The van der Waals surface area contributed by atoms with E-state index in [0.29, 0.717) is 42.8 Å². The molecule has 7 heteroatoms. The van der Waals surface area contributed by atoms with Crippen molar-refractivity contribution < 1.29 is 23.5 Å². The fourth-order valence-electron chi connectivity index (χ4n) is 3.75. The van der Waals surface area contributed by atoms with Gasteiger partial charge in [-0.3, -0.25) is 9.69 Å². The van der Waals surface area contributed by atoms with E-state index in [1.807, 2.05) is 0 Å². The van der Waals surface area contributed by atoms with E-state index in [4.69, 9.17) is 9.47 Å². The highest BCUT2D eigenvalue weighted by atomic mass is 19.1. The maximum absolute atomic E-state index is 14.5. The van der Waals surface area contributed by atoms with Gasteiger partial charge in [-0.05, 0) is 35.4 Å². The van der Waals surface area contributed by atoms with E-state index in [9.17, 15) is 14.0 Å². The van der Waals surface area contributed by atoms with Crippen LogP contribution in [0.2, 0.25) is 0 Å². The van der Waals surface area contributed by atoms with Gasteiger partial charge in [0.1, 0.15) is 11.9 Å². The Morgan fingerprint density at radius 2 is 2.12 bits per heavy atom. The van der Waals surface area contributed by atoms with Gasteiger partial charge in [0.15, 0.2) is 0 Å². The summed E-state index contributed by atoms with van der Waals surface area (Å²) in [6.07, 6.45) is -0.946. The Morgan fingerprint density at radius 1 is 1.38 bits per heavy atom. The molecular formula is C17H19FN2O4. The molecule has 1 aromatic rings. The summed E-state index contributed by atoms with van der Waals surface area (Å²) in [5.41, 5.74) is 1.19. The third-order valence-corrected chi connectivity index (χ3v) is 5.06. The van der Waals surface area contributed by atoms with Crippen molar-refractivity contribution in [3.05, 3.63) is 29.6 Å². The average molecular weight is 334 g/mol. The fourth-order valence-corrected chi connectivity index (χ4v) is 3.75. The molecule has 0 aromatic heterocycles. The van der Waals surface area contributed by atoms with Crippen molar-refractivity contribution in [3.63, 3.8) is 0 Å². The van der Waals surface area contributed by atoms with Gasteiger partial charge in [-0.15, -0.1) is 0 Å². The van der Waals surface area contributed by atoms with Crippen LogP contribution in [0.5, 0.6) is 0 Å². The second kappa shape index (κ2) is 5.73. The Morgan fingerprint density at radius 3 is 2.79 bits per heavy atom. The molecule has 0 bridgehead atoms. The van der Waals surface area contributed by atoms with Crippen LogP contribution in [0.25, 0.3) is 0 Å². The predicted octanol–water partition coefficient (Wildman–Crippen LogP) is 1.65. The zero-order chi connectivity index (χ0) is 16.8. The number of halogens is 1. The SMILES string of the molecule is CC(=O)NC[C@H]1CN(c2ccc(C3[C@H]4COC[C@@H]34)c(F)c2)C(=O)O1. The number of rotatable bonds is 4. The van der Waals surface area contributed by atoms with E-state index in [1.54, 1.807) is 12.1 Å². The Bertz CT molecular complexity index is 685. The second-order valence-electron chi connectivity index (χ2n) is 6.65. The van der Waals surface area contributed by atoms with Gasteiger partial charge >= 0.3 is 6.09 Å². The van der Waals surface area contributed by atoms with Crippen molar-refractivity contribution in [1.82, 2.24) is 5.32 Å². The lowest BCUT2D eigenvalue weighted by atomic mass is 10.1. The van der Waals surface area contributed by atoms with Crippen LogP contribution >= 0.6 is 0 Å². The minimum Gasteiger partial charge on any atom is -0.442 e. The first-order valence-electron chi connectivity index (χ1n) is 8.14. The molecule has 0 spiro atoms. The number of carbonyl (C=O) groups is 2. The van der Waals surface area contributed by atoms with E-state index in [2.05, 4.69) is 5.32 Å². The molecule has 1 aliphatic carbocycles. The first kappa shape index (κ1) is 15.4. The molecule has 2 amide bonds. The Hall–Kier alpha value is -2.15. The minimum atomic E-state index is -0.519. The lowest BCUT2D eigenvalue weighted by Crippen LogP contribution is -2.33. The van der Waals surface area contributed by atoms with Crippen LogP contribution in [0, 0.1) is 17.7 Å². The highest BCUT2D eigenvalue weighted by Gasteiger charge is 2.55. The van der Waals surface area contributed by atoms with Crippen molar-refractivity contribution in [2.45, 2.75) is 18.9 Å². The first-order chi connectivity index (χ1) is 11.5. The Balaban J connectivity index is 1.46. The van der Waals surface area contributed by atoms with Crippen LogP contribution in [-0.2, 0) is 14.3 Å². The molecule has 3 aliphatic rings. The number of amides is 2. The number of anilines is 1. The Labute approximate surface area is 138 Å². The van der Waals surface area contributed by atoms with E-state index in [1.165, 1.54) is 17.9 Å². The number of benzene rings is 1. The lowest BCUT2D eigenvalue weighted by Gasteiger charge is -2.15. The third kappa shape index (κ3) is 2.62. The summed E-state index contributed by atoms with van der Waals surface area (Å²) in [7, 11) is 0. The van der Waals surface area contributed by atoms with Crippen molar-refractivity contribution in [2.75, 3.05) is 31.2 Å². The van der Waals surface area contributed by atoms with Crippen molar-refractivity contribution in [2.24, 2.45) is 11.8 Å². The molecule has 1 N–H and O–H groups in total. The van der Waals surface area contributed by atoms with Gasteiger partial charge in [0.2, 0.25) is 5.91 Å². The number of hydrogen-bond acceptors (Lipinski definition) is 4. The third-order valence-electron chi connectivity index (χ3n) is 5.06. The zero-order valence-corrected chi connectivity index (χ0v) is 13.3. The van der Waals surface area contributed by atoms with Crippen molar-refractivity contribution in [1.29, 1.82) is 0 Å². The van der Waals surface area contributed by atoms with Crippen molar-refractivity contribution in [3.8, 4) is 0 Å². The summed E-state index contributed by atoms with van der Waals surface area (Å²) in [6.45, 7) is 3.37. The number of fused-ring (bicyclic) bond motifs is 1. The molecule has 1 unspecified atom stereocenters. The highest BCUT2D eigenvalue weighted by Crippen LogP contribution is 2.58. The number of carbonyl (C=O) groups excluding carboxylic acids is 2. The molecule has 128 valence electrons. The molecule has 1 aromatic carbocycles. The van der Waals surface area contributed by atoms with Crippen molar-refractivity contribution >= 4 is 17.7 Å². The molecule has 2 saturated heterocycles. The molecule has 6 nitrogen and oxygen atoms in total. The molecule has 2 heterocycles. The smallest absolute Gasteiger partial charge is 0.414 e. The molecular weight excluding hydrogens is 315 g/mol. The number of nitrogens with zero attached hydrogens (tertiary/aromatic N) is 1. The summed E-state index contributed by atoms with van der Waals surface area (Å²) < 4.78 is 25.1. The topological polar surface area (TPSA) is 67.9 Å². The predicted molar refractivity (Wildman–Crippen MR) is 83.2 cm³/mol. The number of nitrogens with one attached hydrogen (secondary N) is 1. The summed E-state index contributed by atoms with van der Waals surface area (Å²) in [4.78, 5) is 24.3. The maximum Gasteiger partial charge on any atom is 0.414 e. The highest BCUT2D eigenvalue weighted by molar-refractivity contribution is 5.89.